The summed E-state index contributed by atoms with van der Waals surface area (Å²) in [6.07, 6.45) is 0.903. The molecule has 0 saturated heterocycles. The first-order valence-corrected chi connectivity index (χ1v) is 6.64. The first kappa shape index (κ1) is 12.6. The van der Waals surface area contributed by atoms with Gasteiger partial charge < -0.3 is 11.1 Å². The summed E-state index contributed by atoms with van der Waals surface area (Å²) in [7, 11) is 0. The van der Waals surface area contributed by atoms with Gasteiger partial charge >= 0.3 is 0 Å². The third kappa shape index (κ3) is 2.68. The Labute approximate surface area is 110 Å². The number of amides is 1. The third-order valence-corrected chi connectivity index (χ3v) is 3.32. The summed E-state index contributed by atoms with van der Waals surface area (Å²) in [5, 5.41) is 3.26. The van der Waals surface area contributed by atoms with Crippen molar-refractivity contribution in [1.29, 1.82) is 0 Å². The number of nitrogens with one attached hydrogen (secondary N) is 1. The lowest BCUT2D eigenvalue weighted by Gasteiger charge is -2.03. The van der Waals surface area contributed by atoms with Crippen LogP contribution in [0.5, 0.6) is 0 Å². The number of aromatic nitrogens is 1. The molecule has 18 heavy (non-hydrogen) atoms. The molecule has 2 rings (SSSR count). The number of carbonyl (C=O) groups is 1. The van der Waals surface area contributed by atoms with E-state index in [9.17, 15) is 4.79 Å². The summed E-state index contributed by atoms with van der Waals surface area (Å²) < 4.78 is 0. The van der Waals surface area contributed by atoms with E-state index < -0.39 is 0 Å². The third-order valence-electron chi connectivity index (χ3n) is 2.43. The van der Waals surface area contributed by atoms with Crippen LogP contribution >= 0.6 is 11.3 Å². The number of hydrogen-bond donors (Lipinski definition) is 2. The molecule has 0 aliphatic carbocycles. The largest absolute Gasteiger partial charge is 0.375 e. The maximum absolute atomic E-state index is 12.0. The molecule has 0 spiro atoms. The van der Waals surface area contributed by atoms with E-state index in [1.807, 2.05) is 37.3 Å². The summed E-state index contributed by atoms with van der Waals surface area (Å²) in [4.78, 5) is 16.8. The number of nitrogens with zero attached hydrogens (tertiary/aromatic N) is 1. The van der Waals surface area contributed by atoms with Gasteiger partial charge in [-0.05, 0) is 6.42 Å². The zero-order valence-corrected chi connectivity index (χ0v) is 11.0. The van der Waals surface area contributed by atoms with Crippen molar-refractivity contribution >= 4 is 22.4 Å². The maximum atomic E-state index is 12.0. The Morgan fingerprint density at radius 2 is 2.11 bits per heavy atom. The molecule has 3 N–H and O–H groups in total. The van der Waals surface area contributed by atoms with E-state index in [2.05, 4.69) is 10.3 Å². The lowest BCUT2D eigenvalue weighted by molar-refractivity contribution is 0.0958. The van der Waals surface area contributed by atoms with Gasteiger partial charge in [0.15, 0.2) is 5.13 Å². The fraction of sp³-hybridized carbons (Fsp3) is 0.231. The number of nitrogens with two attached hydrogens (primary N) is 1. The highest BCUT2D eigenvalue weighted by molar-refractivity contribution is 7.17. The number of anilines is 1. The molecule has 0 aliphatic heterocycles. The van der Waals surface area contributed by atoms with Gasteiger partial charge in [0.05, 0.1) is 5.69 Å². The van der Waals surface area contributed by atoms with Crippen molar-refractivity contribution in [2.75, 3.05) is 12.3 Å². The molecule has 0 unspecified atom stereocenters. The highest BCUT2D eigenvalue weighted by atomic mass is 32.1. The predicted molar refractivity (Wildman–Crippen MR) is 74.6 cm³/mol. The molecule has 0 aliphatic rings. The number of thiazole rings is 1. The van der Waals surface area contributed by atoms with Gasteiger partial charge in [-0.3, -0.25) is 4.79 Å². The Morgan fingerprint density at radius 3 is 2.78 bits per heavy atom. The Bertz CT molecular complexity index is 536. The maximum Gasteiger partial charge on any atom is 0.263 e. The van der Waals surface area contributed by atoms with Crippen LogP contribution in [0.2, 0.25) is 0 Å². The predicted octanol–water partition coefficient (Wildman–Crippen LogP) is 2.53. The van der Waals surface area contributed by atoms with Crippen LogP contribution in [0.25, 0.3) is 11.3 Å². The van der Waals surface area contributed by atoms with Crippen LogP contribution < -0.4 is 11.1 Å². The molecule has 4 nitrogen and oxygen atoms in total. The molecule has 0 radical (unpaired) electrons. The van der Waals surface area contributed by atoms with Gasteiger partial charge in [-0.15, -0.1) is 0 Å². The fourth-order valence-electron chi connectivity index (χ4n) is 1.60. The molecule has 1 aromatic heterocycles. The number of benzene rings is 1. The summed E-state index contributed by atoms with van der Waals surface area (Å²) in [6, 6.07) is 9.60. The number of nitrogen functional groups attached to an aromatic ring is 1. The molecule has 0 fully saturated rings. The fourth-order valence-corrected chi connectivity index (χ4v) is 2.37. The van der Waals surface area contributed by atoms with E-state index in [4.69, 9.17) is 5.73 Å². The van der Waals surface area contributed by atoms with Gasteiger partial charge in [-0.1, -0.05) is 48.6 Å². The molecule has 0 bridgehead atoms. The minimum absolute atomic E-state index is 0.107. The SMILES string of the molecule is CCCNC(=O)c1sc(N)nc1-c1ccccc1. The zero-order chi connectivity index (χ0) is 13.0. The van der Waals surface area contributed by atoms with E-state index in [1.54, 1.807) is 0 Å². The topological polar surface area (TPSA) is 68.0 Å². The molecule has 1 amide bonds. The highest BCUT2D eigenvalue weighted by Gasteiger charge is 2.17. The lowest BCUT2D eigenvalue weighted by Crippen LogP contribution is -2.23. The van der Waals surface area contributed by atoms with Crippen LogP contribution in [0, 0.1) is 0 Å². The molecule has 5 heteroatoms. The van der Waals surface area contributed by atoms with Crippen molar-refractivity contribution in [2.45, 2.75) is 13.3 Å². The van der Waals surface area contributed by atoms with Crippen molar-refractivity contribution in [3.8, 4) is 11.3 Å². The molecular weight excluding hydrogens is 246 g/mol. The molecule has 94 valence electrons. The van der Waals surface area contributed by atoms with Crippen molar-refractivity contribution < 1.29 is 4.79 Å². The molecule has 1 aromatic carbocycles. The Balaban J connectivity index is 2.34. The van der Waals surface area contributed by atoms with Crippen molar-refractivity contribution in [1.82, 2.24) is 10.3 Å². The van der Waals surface area contributed by atoms with Gasteiger partial charge in [-0.2, -0.15) is 0 Å². The first-order valence-electron chi connectivity index (χ1n) is 5.82. The van der Waals surface area contributed by atoms with Crippen LogP contribution in [0.1, 0.15) is 23.0 Å². The summed E-state index contributed by atoms with van der Waals surface area (Å²) in [5.74, 6) is -0.107. The Kier molecular flexibility index (Phi) is 3.94. The average Bonchev–Trinajstić information content (AvgIpc) is 2.79. The molecule has 1 heterocycles. The minimum Gasteiger partial charge on any atom is -0.375 e. The van der Waals surface area contributed by atoms with E-state index in [1.165, 1.54) is 11.3 Å². The molecule has 2 aromatic rings. The summed E-state index contributed by atoms with van der Waals surface area (Å²) in [5.41, 5.74) is 7.28. The van der Waals surface area contributed by atoms with E-state index in [0.717, 1.165) is 12.0 Å². The highest BCUT2D eigenvalue weighted by Crippen LogP contribution is 2.29. The number of rotatable bonds is 4. The summed E-state index contributed by atoms with van der Waals surface area (Å²) >= 11 is 1.22. The second-order valence-corrected chi connectivity index (χ2v) is 4.88. The van der Waals surface area contributed by atoms with Crippen LogP contribution in [-0.2, 0) is 0 Å². The quantitative estimate of drug-likeness (QED) is 0.888. The van der Waals surface area contributed by atoms with Gasteiger partial charge in [0.25, 0.3) is 5.91 Å². The smallest absolute Gasteiger partial charge is 0.263 e. The van der Waals surface area contributed by atoms with Gasteiger partial charge in [0.2, 0.25) is 0 Å². The second kappa shape index (κ2) is 5.64. The molecule has 0 atom stereocenters. The van der Waals surface area contributed by atoms with Crippen LogP contribution in [0.15, 0.2) is 30.3 Å². The van der Waals surface area contributed by atoms with Crippen LogP contribution in [0.3, 0.4) is 0 Å². The van der Waals surface area contributed by atoms with Gasteiger partial charge in [0, 0.05) is 12.1 Å². The van der Waals surface area contributed by atoms with Crippen molar-refractivity contribution in [2.24, 2.45) is 0 Å². The van der Waals surface area contributed by atoms with E-state index >= 15 is 0 Å². The van der Waals surface area contributed by atoms with Gasteiger partial charge in [0.1, 0.15) is 4.88 Å². The lowest BCUT2D eigenvalue weighted by atomic mass is 10.1. The van der Waals surface area contributed by atoms with E-state index in [-0.39, 0.29) is 5.91 Å². The molecule has 0 saturated carbocycles. The monoisotopic (exact) mass is 261 g/mol. The average molecular weight is 261 g/mol. The van der Waals surface area contributed by atoms with Gasteiger partial charge in [-0.25, -0.2) is 4.98 Å². The summed E-state index contributed by atoms with van der Waals surface area (Å²) in [6.45, 7) is 2.67. The van der Waals surface area contributed by atoms with E-state index in [0.29, 0.717) is 22.2 Å². The Morgan fingerprint density at radius 1 is 1.39 bits per heavy atom. The van der Waals surface area contributed by atoms with Crippen LogP contribution in [-0.4, -0.2) is 17.4 Å². The standard InChI is InChI=1S/C13H15N3OS/c1-2-8-15-12(17)11-10(16-13(14)18-11)9-6-4-3-5-7-9/h3-7H,2,8H2,1H3,(H2,14,16)(H,15,17). The Hall–Kier alpha value is -1.88. The minimum atomic E-state index is -0.107. The van der Waals surface area contributed by atoms with Crippen LogP contribution in [0.4, 0.5) is 5.13 Å². The van der Waals surface area contributed by atoms with Crippen molar-refractivity contribution in [3.05, 3.63) is 35.2 Å². The second-order valence-electron chi connectivity index (χ2n) is 3.85. The zero-order valence-electron chi connectivity index (χ0n) is 10.1. The van der Waals surface area contributed by atoms with Crippen molar-refractivity contribution in [3.63, 3.8) is 0 Å². The number of hydrogen-bond acceptors (Lipinski definition) is 4. The normalized spacial score (nSPS) is 10.3. The first-order chi connectivity index (χ1) is 8.72. The molecular formula is C13H15N3OS. The number of carbonyl (C=O) groups excluding carboxylic acids is 1.